The molecule has 3 rings (SSSR count). The van der Waals surface area contributed by atoms with Crippen molar-refractivity contribution in [2.24, 2.45) is 0 Å². The molecule has 0 radical (unpaired) electrons. The summed E-state index contributed by atoms with van der Waals surface area (Å²) < 4.78 is 53.5. The van der Waals surface area contributed by atoms with Gasteiger partial charge in [-0.3, -0.25) is 4.79 Å². The highest BCUT2D eigenvalue weighted by molar-refractivity contribution is 5.92. The highest BCUT2D eigenvalue weighted by Crippen LogP contribution is 2.32. The summed E-state index contributed by atoms with van der Waals surface area (Å²) in [5, 5.41) is 6.48. The van der Waals surface area contributed by atoms with Gasteiger partial charge in [-0.25, -0.2) is 9.07 Å². The first-order chi connectivity index (χ1) is 12.3. The van der Waals surface area contributed by atoms with E-state index in [4.69, 9.17) is 0 Å². The number of hydrogen-bond acceptors (Lipinski definition) is 2. The van der Waals surface area contributed by atoms with E-state index in [-0.39, 0.29) is 11.3 Å². The Bertz CT molecular complexity index is 920. The Hall–Kier alpha value is -3.16. The number of carbonyl (C=O) groups is 1. The van der Waals surface area contributed by atoms with Gasteiger partial charge < -0.3 is 5.32 Å². The predicted molar refractivity (Wildman–Crippen MR) is 86.1 cm³/mol. The molecule has 0 saturated heterocycles. The minimum atomic E-state index is -4.71. The number of amides is 1. The van der Waals surface area contributed by atoms with Crippen LogP contribution in [0.15, 0.2) is 60.8 Å². The van der Waals surface area contributed by atoms with Crippen LogP contribution in [-0.4, -0.2) is 15.7 Å². The summed E-state index contributed by atoms with van der Waals surface area (Å²) in [6.45, 7) is -0.397. The van der Waals surface area contributed by atoms with Gasteiger partial charge in [0.2, 0.25) is 0 Å². The van der Waals surface area contributed by atoms with Crippen LogP contribution in [0.25, 0.3) is 5.69 Å². The number of alkyl halides is 3. The Morgan fingerprint density at radius 3 is 2.50 bits per heavy atom. The largest absolute Gasteiger partial charge is 0.416 e. The van der Waals surface area contributed by atoms with Crippen LogP contribution in [0.5, 0.6) is 0 Å². The minimum absolute atomic E-state index is 0.0597. The third-order valence-electron chi connectivity index (χ3n) is 3.66. The second-order valence-corrected chi connectivity index (χ2v) is 5.46. The molecular weight excluding hydrogens is 350 g/mol. The summed E-state index contributed by atoms with van der Waals surface area (Å²) in [5.74, 6) is -1.62. The lowest BCUT2D eigenvalue weighted by Gasteiger charge is -2.13. The number of nitrogens with zero attached hydrogens (tertiary/aromatic N) is 2. The van der Waals surface area contributed by atoms with E-state index in [1.807, 2.05) is 18.2 Å². The van der Waals surface area contributed by atoms with Crippen molar-refractivity contribution in [2.45, 2.75) is 12.7 Å². The zero-order valence-corrected chi connectivity index (χ0v) is 13.3. The van der Waals surface area contributed by atoms with Gasteiger partial charge in [0.05, 0.1) is 11.3 Å². The number of hydrogen-bond donors (Lipinski definition) is 1. The lowest BCUT2D eigenvalue weighted by Crippen LogP contribution is -2.25. The fraction of sp³-hybridized carbons (Fsp3) is 0.111. The van der Waals surface area contributed by atoms with Gasteiger partial charge >= 0.3 is 6.18 Å². The van der Waals surface area contributed by atoms with Crippen LogP contribution in [0.4, 0.5) is 17.6 Å². The smallest absolute Gasteiger partial charge is 0.347 e. The molecule has 4 nitrogen and oxygen atoms in total. The minimum Gasteiger partial charge on any atom is -0.347 e. The van der Waals surface area contributed by atoms with E-state index < -0.39 is 30.0 Å². The second-order valence-electron chi connectivity index (χ2n) is 5.46. The average molecular weight is 363 g/mol. The molecule has 0 saturated carbocycles. The van der Waals surface area contributed by atoms with Crippen molar-refractivity contribution >= 4 is 5.91 Å². The van der Waals surface area contributed by atoms with Gasteiger partial charge in [-0.05, 0) is 35.9 Å². The quantitative estimate of drug-likeness (QED) is 0.714. The van der Waals surface area contributed by atoms with Gasteiger partial charge in [-0.1, -0.05) is 24.3 Å². The molecule has 0 aliphatic carbocycles. The Morgan fingerprint density at radius 2 is 1.81 bits per heavy atom. The molecule has 0 aliphatic rings. The Balaban J connectivity index is 1.73. The van der Waals surface area contributed by atoms with Crippen LogP contribution in [0.3, 0.4) is 0 Å². The third-order valence-corrected chi connectivity index (χ3v) is 3.66. The van der Waals surface area contributed by atoms with Crippen molar-refractivity contribution in [3.05, 3.63) is 83.4 Å². The zero-order valence-electron chi connectivity index (χ0n) is 13.3. The number of para-hydroxylation sites is 1. The monoisotopic (exact) mass is 363 g/mol. The lowest BCUT2D eigenvalue weighted by molar-refractivity contribution is -0.138. The normalized spacial score (nSPS) is 11.4. The molecule has 1 amide bonds. The summed E-state index contributed by atoms with van der Waals surface area (Å²) in [7, 11) is 0. The van der Waals surface area contributed by atoms with Gasteiger partial charge in [0.15, 0.2) is 5.69 Å². The van der Waals surface area contributed by atoms with Crippen LogP contribution in [0.2, 0.25) is 0 Å². The molecule has 26 heavy (non-hydrogen) atoms. The topological polar surface area (TPSA) is 46.9 Å². The number of benzene rings is 2. The molecule has 0 unspecified atom stereocenters. The maximum Gasteiger partial charge on any atom is 0.416 e. The fourth-order valence-corrected chi connectivity index (χ4v) is 2.40. The number of rotatable bonds is 4. The van der Waals surface area contributed by atoms with Crippen molar-refractivity contribution in [3.8, 4) is 5.69 Å². The van der Waals surface area contributed by atoms with Crippen LogP contribution in [0.1, 0.15) is 21.6 Å². The van der Waals surface area contributed by atoms with Crippen LogP contribution in [0, 0.1) is 5.82 Å². The second kappa shape index (κ2) is 6.99. The van der Waals surface area contributed by atoms with Gasteiger partial charge in [0, 0.05) is 12.7 Å². The maximum atomic E-state index is 13.1. The number of nitrogens with one attached hydrogen (secondary N) is 1. The van der Waals surface area contributed by atoms with Crippen molar-refractivity contribution < 1.29 is 22.4 Å². The maximum absolute atomic E-state index is 13.1. The molecule has 0 bridgehead atoms. The molecule has 3 aromatic rings. The molecule has 1 heterocycles. The fourth-order valence-electron chi connectivity index (χ4n) is 2.40. The van der Waals surface area contributed by atoms with Crippen LogP contribution in [-0.2, 0) is 12.7 Å². The van der Waals surface area contributed by atoms with E-state index in [9.17, 15) is 22.4 Å². The van der Waals surface area contributed by atoms with E-state index >= 15 is 0 Å². The highest BCUT2D eigenvalue weighted by atomic mass is 19.4. The standard InChI is InChI=1S/C18H13F4N3O/c19-13-7-6-12(15(10-13)18(20,21)22)11-23-17(26)16-8-9-25(24-16)14-4-2-1-3-5-14/h1-10H,11H2,(H,23,26). The number of aromatic nitrogens is 2. The van der Waals surface area contributed by atoms with Crippen molar-refractivity contribution in [1.29, 1.82) is 0 Å². The Morgan fingerprint density at radius 1 is 1.08 bits per heavy atom. The summed E-state index contributed by atoms with van der Waals surface area (Å²) in [6.07, 6.45) is -3.14. The molecule has 2 aromatic carbocycles. The van der Waals surface area contributed by atoms with Gasteiger partial charge in [-0.2, -0.15) is 18.3 Å². The van der Waals surface area contributed by atoms with Gasteiger partial charge in [-0.15, -0.1) is 0 Å². The molecule has 134 valence electrons. The summed E-state index contributed by atoms with van der Waals surface area (Å²) in [5.41, 5.74) is -0.545. The molecule has 0 spiro atoms. The van der Waals surface area contributed by atoms with Crippen molar-refractivity contribution in [3.63, 3.8) is 0 Å². The first kappa shape index (κ1) is 17.7. The molecule has 0 aliphatic heterocycles. The molecule has 1 aromatic heterocycles. The van der Waals surface area contributed by atoms with Crippen molar-refractivity contribution in [1.82, 2.24) is 15.1 Å². The Kier molecular flexibility index (Phi) is 4.75. The first-order valence-corrected chi connectivity index (χ1v) is 7.59. The SMILES string of the molecule is O=C(NCc1ccc(F)cc1C(F)(F)F)c1ccn(-c2ccccc2)n1. The van der Waals surface area contributed by atoms with E-state index in [1.165, 1.54) is 10.7 Å². The summed E-state index contributed by atoms with van der Waals surface area (Å²) in [4.78, 5) is 12.1. The highest BCUT2D eigenvalue weighted by Gasteiger charge is 2.33. The molecule has 0 fully saturated rings. The average Bonchev–Trinajstić information content (AvgIpc) is 3.10. The number of carbonyl (C=O) groups excluding carboxylic acids is 1. The van der Waals surface area contributed by atoms with Gasteiger partial charge in [0.25, 0.3) is 5.91 Å². The van der Waals surface area contributed by atoms with E-state index in [1.54, 1.807) is 18.3 Å². The number of halogens is 4. The van der Waals surface area contributed by atoms with E-state index in [0.29, 0.717) is 6.07 Å². The van der Waals surface area contributed by atoms with Crippen molar-refractivity contribution in [2.75, 3.05) is 0 Å². The lowest BCUT2D eigenvalue weighted by atomic mass is 10.1. The summed E-state index contributed by atoms with van der Waals surface area (Å²) >= 11 is 0. The molecule has 0 atom stereocenters. The van der Waals surface area contributed by atoms with E-state index in [2.05, 4.69) is 10.4 Å². The third kappa shape index (κ3) is 3.90. The van der Waals surface area contributed by atoms with Crippen LogP contribution >= 0.6 is 0 Å². The molecular formula is C18H13F4N3O. The molecule has 1 N–H and O–H groups in total. The Labute approximate surface area is 146 Å². The predicted octanol–water partition coefficient (Wildman–Crippen LogP) is 3.96. The first-order valence-electron chi connectivity index (χ1n) is 7.59. The van der Waals surface area contributed by atoms with Gasteiger partial charge in [0.1, 0.15) is 5.82 Å². The zero-order chi connectivity index (χ0) is 18.7. The van der Waals surface area contributed by atoms with Crippen LogP contribution < -0.4 is 5.32 Å². The molecule has 8 heteroatoms. The summed E-state index contributed by atoms with van der Waals surface area (Å²) in [6, 6.07) is 12.8. The van der Waals surface area contributed by atoms with E-state index in [0.717, 1.165) is 17.8 Å².